The number of rotatable bonds is 7. The van der Waals surface area contributed by atoms with E-state index in [1.807, 2.05) is 12.1 Å². The second-order valence-electron chi connectivity index (χ2n) is 8.17. The van der Waals surface area contributed by atoms with E-state index in [-0.39, 0.29) is 40.1 Å². The van der Waals surface area contributed by atoms with E-state index in [2.05, 4.69) is 30.3 Å². The Hall–Kier alpha value is -4.21. The van der Waals surface area contributed by atoms with Gasteiger partial charge < -0.3 is 20.0 Å². The number of hydrogen-bond donors (Lipinski definition) is 4. The van der Waals surface area contributed by atoms with Gasteiger partial charge in [-0.3, -0.25) is 4.79 Å². The Balaban J connectivity index is 1.33. The minimum atomic E-state index is -3.74. The fraction of sp³-hybridized carbons (Fsp3) is 0.217. The Labute approximate surface area is 200 Å². The number of hydrogen-bond acceptors (Lipinski definition) is 8. The number of anilines is 1. The van der Waals surface area contributed by atoms with E-state index in [1.54, 1.807) is 24.5 Å². The van der Waals surface area contributed by atoms with Crippen LogP contribution in [0, 0.1) is 11.3 Å². The zero-order valence-corrected chi connectivity index (χ0v) is 19.4. The van der Waals surface area contributed by atoms with Crippen molar-refractivity contribution in [1.29, 1.82) is 5.26 Å². The van der Waals surface area contributed by atoms with E-state index in [1.165, 1.54) is 25.4 Å². The Morgan fingerprint density at radius 1 is 1.20 bits per heavy atom. The third-order valence-corrected chi connectivity index (χ3v) is 7.37. The van der Waals surface area contributed by atoms with Crippen LogP contribution < -0.4 is 15.4 Å². The van der Waals surface area contributed by atoms with E-state index in [9.17, 15) is 13.2 Å². The van der Waals surface area contributed by atoms with Gasteiger partial charge in [0.05, 0.1) is 34.0 Å². The quantitative estimate of drug-likeness (QED) is 0.306. The van der Waals surface area contributed by atoms with Crippen molar-refractivity contribution in [1.82, 2.24) is 25.0 Å². The maximum Gasteiger partial charge on any atom is 0.288 e. The Bertz CT molecular complexity index is 1560. The van der Waals surface area contributed by atoms with Crippen molar-refractivity contribution in [2.24, 2.45) is 0 Å². The number of fused-ring (bicyclic) bond motifs is 1. The smallest absolute Gasteiger partial charge is 0.288 e. The number of aromatic amines is 1. The minimum absolute atomic E-state index is 0.0132. The Kier molecular flexibility index (Phi) is 5.72. The molecular formula is C23H21N7O4S. The highest BCUT2D eigenvalue weighted by atomic mass is 32.2. The molecule has 178 valence electrons. The summed E-state index contributed by atoms with van der Waals surface area (Å²) in [5.41, 5.74) is 2.27. The summed E-state index contributed by atoms with van der Waals surface area (Å²) in [5, 5.41) is 15.8. The molecule has 4 aromatic rings. The molecule has 0 unspecified atom stereocenters. The van der Waals surface area contributed by atoms with Crippen LogP contribution in [0.25, 0.3) is 22.5 Å². The number of benzene rings is 1. The zero-order chi connectivity index (χ0) is 24.6. The topological polar surface area (TPSA) is 166 Å². The predicted molar refractivity (Wildman–Crippen MR) is 127 cm³/mol. The maximum absolute atomic E-state index is 12.7. The van der Waals surface area contributed by atoms with Crippen molar-refractivity contribution in [3.63, 3.8) is 0 Å². The lowest BCUT2D eigenvalue weighted by Gasteiger charge is -2.37. The van der Waals surface area contributed by atoms with Gasteiger partial charge in [-0.05, 0) is 37.1 Å². The highest BCUT2D eigenvalue weighted by Gasteiger charge is 2.34. The van der Waals surface area contributed by atoms with Gasteiger partial charge in [-0.1, -0.05) is 6.07 Å². The maximum atomic E-state index is 12.7. The SMILES string of the molecule is CNC(=O)c1cnc(-c2cnc3[nH]ccc3c2N[C@H]2C[C@H](NS(=O)(=O)c3cccc(C#N)c3)C2)o1. The zero-order valence-electron chi connectivity index (χ0n) is 18.6. The molecule has 35 heavy (non-hydrogen) atoms. The van der Waals surface area contributed by atoms with Crippen LogP contribution in [0.1, 0.15) is 29.0 Å². The minimum Gasteiger partial charge on any atom is -0.431 e. The first kappa shape index (κ1) is 22.6. The molecule has 0 spiro atoms. The van der Waals surface area contributed by atoms with Crippen LogP contribution in [-0.2, 0) is 10.0 Å². The molecule has 1 aliphatic carbocycles. The second-order valence-corrected chi connectivity index (χ2v) is 9.88. The summed E-state index contributed by atoms with van der Waals surface area (Å²) >= 11 is 0. The first-order valence-electron chi connectivity index (χ1n) is 10.8. The first-order valence-corrected chi connectivity index (χ1v) is 12.3. The van der Waals surface area contributed by atoms with Crippen LogP contribution in [-0.4, -0.2) is 48.4 Å². The third-order valence-electron chi connectivity index (χ3n) is 5.86. The highest BCUT2D eigenvalue weighted by molar-refractivity contribution is 7.89. The van der Waals surface area contributed by atoms with Crippen molar-refractivity contribution in [3.8, 4) is 17.5 Å². The summed E-state index contributed by atoms with van der Waals surface area (Å²) in [5.74, 6) is -0.0554. The fourth-order valence-electron chi connectivity index (χ4n) is 4.01. The number of carbonyl (C=O) groups excluding carboxylic acids is 1. The molecule has 0 aliphatic heterocycles. The predicted octanol–water partition coefficient (Wildman–Crippen LogP) is 2.37. The van der Waals surface area contributed by atoms with Gasteiger partial charge >= 0.3 is 0 Å². The number of carbonyl (C=O) groups is 1. The van der Waals surface area contributed by atoms with Crippen LogP contribution in [0.3, 0.4) is 0 Å². The second kappa shape index (κ2) is 8.86. The number of H-pyrrole nitrogens is 1. The van der Waals surface area contributed by atoms with Gasteiger partial charge in [0, 0.05) is 36.9 Å². The van der Waals surface area contributed by atoms with Crippen LogP contribution in [0.5, 0.6) is 0 Å². The lowest BCUT2D eigenvalue weighted by molar-refractivity contribution is 0.0936. The molecule has 1 amide bonds. The number of aromatic nitrogens is 3. The lowest BCUT2D eigenvalue weighted by atomic mass is 9.87. The molecule has 0 radical (unpaired) electrons. The normalized spacial score (nSPS) is 17.5. The van der Waals surface area contributed by atoms with Crippen molar-refractivity contribution in [3.05, 3.63) is 60.2 Å². The molecule has 1 fully saturated rings. The molecule has 3 aromatic heterocycles. The van der Waals surface area contributed by atoms with E-state index >= 15 is 0 Å². The molecule has 5 rings (SSSR count). The molecular weight excluding hydrogens is 470 g/mol. The average molecular weight is 492 g/mol. The Morgan fingerprint density at radius 2 is 2.03 bits per heavy atom. The lowest BCUT2D eigenvalue weighted by Crippen LogP contribution is -2.49. The highest BCUT2D eigenvalue weighted by Crippen LogP contribution is 2.36. The number of nitriles is 1. The number of amides is 1. The summed E-state index contributed by atoms with van der Waals surface area (Å²) in [7, 11) is -2.23. The van der Waals surface area contributed by atoms with Crippen molar-refractivity contribution in [2.75, 3.05) is 12.4 Å². The summed E-state index contributed by atoms with van der Waals surface area (Å²) in [6, 6.07) is 9.48. The largest absolute Gasteiger partial charge is 0.431 e. The van der Waals surface area contributed by atoms with E-state index in [0.717, 1.165) is 11.1 Å². The molecule has 1 saturated carbocycles. The average Bonchev–Trinajstić information content (AvgIpc) is 3.52. The Morgan fingerprint density at radius 3 is 2.80 bits per heavy atom. The molecule has 1 aromatic carbocycles. The number of nitrogens with zero attached hydrogens (tertiary/aromatic N) is 3. The summed E-state index contributed by atoms with van der Waals surface area (Å²) in [6.45, 7) is 0. The van der Waals surface area contributed by atoms with E-state index < -0.39 is 10.0 Å². The van der Waals surface area contributed by atoms with Crippen molar-refractivity contribution >= 4 is 32.7 Å². The number of oxazole rings is 1. The van der Waals surface area contributed by atoms with Crippen LogP contribution in [0.2, 0.25) is 0 Å². The number of pyridine rings is 1. The van der Waals surface area contributed by atoms with Crippen molar-refractivity contribution in [2.45, 2.75) is 29.8 Å². The summed E-state index contributed by atoms with van der Waals surface area (Å²) in [6.07, 6.45) is 5.85. The van der Waals surface area contributed by atoms with Crippen molar-refractivity contribution < 1.29 is 17.6 Å². The molecule has 12 heteroatoms. The van der Waals surface area contributed by atoms with Gasteiger partial charge in [0.2, 0.25) is 21.7 Å². The molecule has 4 N–H and O–H groups in total. The van der Waals surface area contributed by atoms with Crippen LogP contribution in [0.4, 0.5) is 5.69 Å². The molecule has 0 saturated heterocycles. The van der Waals surface area contributed by atoms with Gasteiger partial charge in [-0.2, -0.15) is 5.26 Å². The molecule has 0 atom stereocenters. The molecule has 3 heterocycles. The monoisotopic (exact) mass is 491 g/mol. The van der Waals surface area contributed by atoms with E-state index in [0.29, 0.717) is 24.1 Å². The number of nitrogens with one attached hydrogen (secondary N) is 4. The van der Waals surface area contributed by atoms with Crippen LogP contribution >= 0.6 is 0 Å². The van der Waals surface area contributed by atoms with Gasteiger partial charge in [-0.15, -0.1) is 0 Å². The van der Waals surface area contributed by atoms with Gasteiger partial charge in [0.15, 0.2) is 0 Å². The first-order chi connectivity index (χ1) is 16.9. The third kappa shape index (κ3) is 4.34. The fourth-order valence-corrected chi connectivity index (χ4v) is 5.32. The van der Waals surface area contributed by atoms with Gasteiger partial charge in [0.1, 0.15) is 5.65 Å². The number of sulfonamides is 1. The van der Waals surface area contributed by atoms with Gasteiger partial charge in [-0.25, -0.2) is 23.1 Å². The summed E-state index contributed by atoms with van der Waals surface area (Å²) < 4.78 is 33.8. The molecule has 11 nitrogen and oxygen atoms in total. The summed E-state index contributed by atoms with van der Waals surface area (Å²) in [4.78, 5) is 23.7. The van der Waals surface area contributed by atoms with Gasteiger partial charge in [0.25, 0.3) is 5.91 Å². The van der Waals surface area contributed by atoms with Crippen LogP contribution in [0.15, 0.2) is 58.2 Å². The molecule has 0 bridgehead atoms. The molecule has 1 aliphatic rings. The van der Waals surface area contributed by atoms with E-state index in [4.69, 9.17) is 9.68 Å². The standard InChI is InChI=1S/C23H21N7O4S/c1-25-22(31)19-12-28-23(34-19)18-11-27-21-17(5-6-26-21)20(18)29-14-8-15(9-14)30-35(32,33)16-4-2-3-13(7-16)10-24/h2-7,11-12,14-15,30H,8-9H2,1H3,(H,25,31)(H2,26,27,29)/t14-,15-.